The van der Waals surface area contributed by atoms with E-state index in [4.69, 9.17) is 0 Å². The van der Waals surface area contributed by atoms with E-state index in [2.05, 4.69) is 27.8 Å². The summed E-state index contributed by atoms with van der Waals surface area (Å²) < 4.78 is 37.9. The third-order valence-electron chi connectivity index (χ3n) is 5.55. The van der Waals surface area contributed by atoms with Crippen LogP contribution in [-0.2, 0) is 30.4 Å². The van der Waals surface area contributed by atoms with Crippen LogP contribution in [-0.4, -0.2) is 43.4 Å². The van der Waals surface area contributed by atoms with Gasteiger partial charge in [0.15, 0.2) is 5.96 Å². The van der Waals surface area contributed by atoms with Crippen LogP contribution < -0.4 is 10.6 Å². The Morgan fingerprint density at radius 2 is 1.72 bits per heavy atom. The molecule has 0 atom stereocenters. The number of amides is 1. The topological polar surface area (TPSA) is 56.7 Å². The molecule has 3 rings (SSSR count). The summed E-state index contributed by atoms with van der Waals surface area (Å²) >= 11 is 0. The molecule has 32 heavy (non-hydrogen) atoms. The van der Waals surface area contributed by atoms with Gasteiger partial charge < -0.3 is 15.5 Å². The molecule has 2 N–H and O–H groups in total. The van der Waals surface area contributed by atoms with Crippen molar-refractivity contribution < 1.29 is 18.0 Å². The number of hydrogen-bond donors (Lipinski definition) is 2. The number of halogens is 3. The number of aliphatic imine (C=N–C) groups is 1. The van der Waals surface area contributed by atoms with E-state index in [-0.39, 0.29) is 5.91 Å². The van der Waals surface area contributed by atoms with Crippen molar-refractivity contribution in [3.05, 3.63) is 70.8 Å². The Labute approximate surface area is 186 Å². The van der Waals surface area contributed by atoms with Crippen molar-refractivity contribution in [3.63, 3.8) is 0 Å². The smallest absolute Gasteiger partial charge is 0.356 e. The highest BCUT2D eigenvalue weighted by Crippen LogP contribution is 2.29. The second kappa shape index (κ2) is 11.0. The van der Waals surface area contributed by atoms with E-state index >= 15 is 0 Å². The number of alkyl halides is 3. The zero-order valence-corrected chi connectivity index (χ0v) is 18.2. The van der Waals surface area contributed by atoms with Crippen LogP contribution in [0.3, 0.4) is 0 Å². The van der Waals surface area contributed by atoms with E-state index in [1.807, 2.05) is 17.0 Å². The highest BCUT2D eigenvalue weighted by atomic mass is 19.4. The molecule has 1 heterocycles. The minimum Gasteiger partial charge on any atom is -0.356 e. The molecule has 2 aromatic carbocycles. The van der Waals surface area contributed by atoms with Gasteiger partial charge in [0, 0.05) is 39.6 Å². The predicted molar refractivity (Wildman–Crippen MR) is 119 cm³/mol. The number of benzene rings is 2. The second-order valence-electron chi connectivity index (χ2n) is 7.81. The predicted octanol–water partition coefficient (Wildman–Crippen LogP) is 3.78. The van der Waals surface area contributed by atoms with Crippen molar-refractivity contribution in [2.24, 2.45) is 4.99 Å². The van der Waals surface area contributed by atoms with Gasteiger partial charge in [-0.15, -0.1) is 0 Å². The first-order valence-corrected chi connectivity index (χ1v) is 10.8. The fraction of sp³-hybridized carbons (Fsp3) is 0.417. The molecule has 1 amide bonds. The Morgan fingerprint density at radius 1 is 1.03 bits per heavy atom. The van der Waals surface area contributed by atoms with E-state index in [0.29, 0.717) is 44.9 Å². The van der Waals surface area contributed by atoms with Gasteiger partial charge in [-0.1, -0.05) is 36.4 Å². The van der Waals surface area contributed by atoms with Crippen LogP contribution in [0.2, 0.25) is 0 Å². The molecule has 0 fully saturated rings. The molecule has 0 bridgehead atoms. The first kappa shape index (κ1) is 23.6. The number of nitrogens with zero attached hydrogens (tertiary/aromatic N) is 2. The summed E-state index contributed by atoms with van der Waals surface area (Å²) in [6, 6.07) is 13.4. The monoisotopic (exact) mass is 446 g/mol. The van der Waals surface area contributed by atoms with Gasteiger partial charge in [-0.25, -0.2) is 0 Å². The molecular formula is C24H29F3N4O. The summed E-state index contributed by atoms with van der Waals surface area (Å²) in [5.41, 5.74) is 2.72. The zero-order valence-electron chi connectivity index (χ0n) is 18.2. The molecule has 1 aliphatic heterocycles. The van der Waals surface area contributed by atoms with Gasteiger partial charge in [0.1, 0.15) is 0 Å². The third kappa shape index (κ3) is 6.73. The lowest BCUT2D eigenvalue weighted by Gasteiger charge is -2.29. The minimum atomic E-state index is -4.32. The number of guanidine groups is 1. The van der Waals surface area contributed by atoms with Gasteiger partial charge in [0.05, 0.1) is 5.56 Å². The molecule has 5 nitrogen and oxygen atoms in total. The number of carbonyl (C=O) groups excluding carboxylic acids is 1. The maximum atomic E-state index is 12.6. The van der Waals surface area contributed by atoms with Crippen molar-refractivity contribution in [2.45, 2.75) is 38.4 Å². The first-order valence-electron chi connectivity index (χ1n) is 10.8. The molecule has 0 spiro atoms. The van der Waals surface area contributed by atoms with E-state index < -0.39 is 11.7 Å². The minimum absolute atomic E-state index is 0.159. The van der Waals surface area contributed by atoms with Gasteiger partial charge in [-0.3, -0.25) is 9.79 Å². The fourth-order valence-corrected chi connectivity index (χ4v) is 3.72. The summed E-state index contributed by atoms with van der Waals surface area (Å²) in [7, 11) is 1.66. The highest BCUT2D eigenvalue weighted by molar-refractivity contribution is 5.80. The highest BCUT2D eigenvalue weighted by Gasteiger charge is 2.29. The summed E-state index contributed by atoms with van der Waals surface area (Å²) in [5.74, 6) is 0.766. The summed E-state index contributed by atoms with van der Waals surface area (Å²) in [4.78, 5) is 18.6. The largest absolute Gasteiger partial charge is 0.416 e. The normalized spacial score (nSPS) is 14.1. The van der Waals surface area contributed by atoms with Crippen molar-refractivity contribution >= 4 is 11.9 Å². The Bertz CT molecular complexity index is 926. The maximum absolute atomic E-state index is 12.6. The Balaban J connectivity index is 1.33. The van der Waals surface area contributed by atoms with Crippen LogP contribution in [0, 0.1) is 0 Å². The van der Waals surface area contributed by atoms with E-state index in [1.54, 1.807) is 7.05 Å². The average molecular weight is 447 g/mol. The molecule has 0 aliphatic carbocycles. The van der Waals surface area contributed by atoms with Crippen molar-refractivity contribution in [3.8, 4) is 0 Å². The Morgan fingerprint density at radius 3 is 2.41 bits per heavy atom. The lowest BCUT2D eigenvalue weighted by molar-refractivity contribution is -0.137. The van der Waals surface area contributed by atoms with Gasteiger partial charge >= 0.3 is 6.18 Å². The van der Waals surface area contributed by atoms with Gasteiger partial charge in [0.25, 0.3) is 0 Å². The number of carbonyl (C=O) groups is 1. The van der Waals surface area contributed by atoms with Crippen molar-refractivity contribution in [1.82, 2.24) is 15.5 Å². The third-order valence-corrected chi connectivity index (χ3v) is 5.55. The summed E-state index contributed by atoms with van der Waals surface area (Å²) in [6.07, 6.45) is -1.68. The Hall–Kier alpha value is -3.03. The van der Waals surface area contributed by atoms with Gasteiger partial charge in [-0.2, -0.15) is 13.2 Å². The second-order valence-corrected chi connectivity index (χ2v) is 7.81. The van der Waals surface area contributed by atoms with E-state index in [9.17, 15) is 18.0 Å². The summed E-state index contributed by atoms with van der Waals surface area (Å²) in [5, 5.41) is 6.32. The van der Waals surface area contributed by atoms with Crippen LogP contribution in [0.1, 0.15) is 35.1 Å². The number of nitrogens with one attached hydrogen (secondary N) is 2. The number of hydrogen-bond acceptors (Lipinski definition) is 2. The molecule has 0 radical (unpaired) electrons. The van der Waals surface area contributed by atoms with Gasteiger partial charge in [-0.05, 0) is 48.1 Å². The molecule has 2 aromatic rings. The molecule has 0 saturated heterocycles. The van der Waals surface area contributed by atoms with Crippen LogP contribution in [0.25, 0.3) is 0 Å². The van der Waals surface area contributed by atoms with Crippen LogP contribution >= 0.6 is 0 Å². The number of fused-ring (bicyclic) bond motifs is 1. The quantitative estimate of drug-likeness (QED) is 0.387. The molecule has 172 valence electrons. The molecule has 1 aliphatic rings. The molecule has 0 saturated carbocycles. The average Bonchev–Trinajstić information content (AvgIpc) is 2.79. The van der Waals surface area contributed by atoms with Gasteiger partial charge in [0.2, 0.25) is 5.91 Å². The van der Waals surface area contributed by atoms with E-state index in [1.165, 1.54) is 23.3 Å². The Kier molecular flexibility index (Phi) is 8.14. The first-order chi connectivity index (χ1) is 15.4. The zero-order chi connectivity index (χ0) is 23.0. The van der Waals surface area contributed by atoms with Crippen LogP contribution in [0.4, 0.5) is 13.2 Å². The lowest BCUT2D eigenvalue weighted by atomic mass is 9.99. The lowest BCUT2D eigenvalue weighted by Crippen LogP contribution is -2.39. The van der Waals surface area contributed by atoms with Crippen LogP contribution in [0.5, 0.6) is 0 Å². The molecular weight excluding hydrogens is 417 g/mol. The molecule has 0 unspecified atom stereocenters. The summed E-state index contributed by atoms with van der Waals surface area (Å²) in [6.45, 7) is 2.58. The standard InChI is InChI=1S/C24H29F3N4O/c1-28-23(30-15-12-18-8-10-21(11-9-18)24(25,26)27)29-14-4-7-22(32)31-16-13-19-5-2-3-6-20(19)17-31/h2-3,5-6,8-11H,4,7,12-17H2,1H3,(H2,28,29,30). The molecule has 8 heteroatoms. The fourth-order valence-electron chi connectivity index (χ4n) is 3.72. The van der Waals surface area contributed by atoms with E-state index in [0.717, 1.165) is 30.7 Å². The molecule has 0 aromatic heterocycles. The van der Waals surface area contributed by atoms with Crippen LogP contribution in [0.15, 0.2) is 53.5 Å². The van der Waals surface area contributed by atoms with Crippen molar-refractivity contribution in [2.75, 3.05) is 26.7 Å². The maximum Gasteiger partial charge on any atom is 0.416 e. The number of rotatable bonds is 7. The van der Waals surface area contributed by atoms with Crippen molar-refractivity contribution in [1.29, 1.82) is 0 Å². The SMILES string of the molecule is CN=C(NCCCC(=O)N1CCc2ccccc2C1)NCCc1ccc(C(F)(F)F)cc1.